The van der Waals surface area contributed by atoms with Gasteiger partial charge in [-0.15, -0.1) is 0 Å². The summed E-state index contributed by atoms with van der Waals surface area (Å²) in [4.78, 5) is 16.7. The first-order chi connectivity index (χ1) is 4.06. The molecule has 0 saturated carbocycles. The van der Waals surface area contributed by atoms with Crippen LogP contribution in [0.15, 0.2) is 0 Å². The zero-order valence-corrected chi connectivity index (χ0v) is 10.6. The average Bonchev–Trinajstić information content (AvgIpc) is 1.63. The van der Waals surface area contributed by atoms with Crippen LogP contribution < -0.4 is 51.4 Å². The number of unbranched alkanes of at least 4 members (excludes halogenated alkanes) is 2. The van der Waals surface area contributed by atoms with Crippen molar-refractivity contribution in [3.05, 3.63) is 0 Å². The van der Waals surface area contributed by atoms with Crippen LogP contribution >= 0.6 is 7.60 Å². The Kier molecular flexibility index (Phi) is 10.6. The molecule has 0 atom stereocenters. The van der Waals surface area contributed by atoms with Gasteiger partial charge in [-0.25, -0.2) is 0 Å². The molecule has 0 aromatic rings. The van der Waals surface area contributed by atoms with E-state index in [4.69, 9.17) is 9.79 Å². The molecule has 0 aromatic carbocycles. The molecule has 10 heavy (non-hydrogen) atoms. The predicted molar refractivity (Wildman–Crippen MR) is 37.5 cm³/mol. The molecule has 0 heterocycles. The molecule has 0 unspecified atom stereocenters. The summed E-state index contributed by atoms with van der Waals surface area (Å²) in [6, 6.07) is 0. The predicted octanol–water partition coefficient (Wildman–Crippen LogP) is -1.53. The quantitative estimate of drug-likeness (QED) is 0.323. The Bertz CT molecular complexity index is 116. The van der Waals surface area contributed by atoms with Crippen molar-refractivity contribution in [2.45, 2.75) is 26.2 Å². The zero-order valence-electron chi connectivity index (χ0n) is 7.58. The SMILES string of the molecule is CCCCCP(=O)(O)O.[H-].[K+]. The molecule has 0 radical (unpaired) electrons. The minimum atomic E-state index is -3.70. The molecule has 0 spiro atoms. The van der Waals surface area contributed by atoms with Crippen LogP contribution in [0.2, 0.25) is 0 Å². The van der Waals surface area contributed by atoms with E-state index in [1.165, 1.54) is 0 Å². The summed E-state index contributed by atoms with van der Waals surface area (Å²) in [5.74, 6) is 0. The normalized spacial score (nSPS) is 10.7. The maximum absolute atomic E-state index is 10.2. The molecule has 0 aromatic heterocycles. The van der Waals surface area contributed by atoms with E-state index in [2.05, 4.69) is 0 Å². The smallest absolute Gasteiger partial charge is 1.00 e. The van der Waals surface area contributed by atoms with Crippen LogP contribution in [0.1, 0.15) is 27.6 Å². The van der Waals surface area contributed by atoms with Crippen LogP contribution in [-0.4, -0.2) is 15.9 Å². The second kappa shape index (κ2) is 7.44. The van der Waals surface area contributed by atoms with Gasteiger partial charge in [-0.2, -0.15) is 0 Å². The summed E-state index contributed by atoms with van der Waals surface area (Å²) in [7, 11) is -3.70. The Morgan fingerprint density at radius 1 is 1.40 bits per heavy atom. The van der Waals surface area contributed by atoms with Crippen molar-refractivity contribution < 1.29 is 67.2 Å². The van der Waals surface area contributed by atoms with E-state index < -0.39 is 7.60 Å². The molecule has 0 bridgehead atoms. The van der Waals surface area contributed by atoms with Crippen molar-refractivity contribution in [3.8, 4) is 0 Å². The van der Waals surface area contributed by atoms with E-state index in [1.54, 1.807) is 0 Å². The Morgan fingerprint density at radius 2 is 1.90 bits per heavy atom. The van der Waals surface area contributed by atoms with E-state index in [9.17, 15) is 4.57 Å². The van der Waals surface area contributed by atoms with Crippen molar-refractivity contribution >= 4 is 7.60 Å². The second-order valence-corrected chi connectivity index (χ2v) is 3.87. The molecular weight excluding hydrogens is 178 g/mol. The minimum Gasteiger partial charge on any atom is -1.00 e. The Hall–Kier alpha value is 1.79. The third kappa shape index (κ3) is 12.5. The monoisotopic (exact) mass is 192 g/mol. The van der Waals surface area contributed by atoms with E-state index >= 15 is 0 Å². The average molecular weight is 192 g/mol. The van der Waals surface area contributed by atoms with Crippen LogP contribution in [0.4, 0.5) is 0 Å². The van der Waals surface area contributed by atoms with Crippen LogP contribution in [0.3, 0.4) is 0 Å². The fourth-order valence-electron chi connectivity index (χ4n) is 0.568. The zero-order chi connectivity index (χ0) is 7.33. The molecule has 0 aliphatic carbocycles. The summed E-state index contributed by atoms with van der Waals surface area (Å²) >= 11 is 0. The van der Waals surface area contributed by atoms with E-state index in [0.29, 0.717) is 6.42 Å². The molecule has 0 amide bonds. The first-order valence-corrected chi connectivity index (χ1v) is 4.90. The van der Waals surface area contributed by atoms with Gasteiger partial charge in [-0.1, -0.05) is 19.8 Å². The fourth-order valence-corrected chi connectivity index (χ4v) is 1.20. The molecule has 58 valence electrons. The van der Waals surface area contributed by atoms with Crippen LogP contribution in [0.5, 0.6) is 0 Å². The van der Waals surface area contributed by atoms with Gasteiger partial charge in [0.25, 0.3) is 0 Å². The van der Waals surface area contributed by atoms with E-state index in [1.807, 2.05) is 6.92 Å². The molecule has 3 nitrogen and oxygen atoms in total. The summed E-state index contributed by atoms with van der Waals surface area (Å²) in [6.07, 6.45) is 2.59. The van der Waals surface area contributed by atoms with Crippen LogP contribution in [-0.2, 0) is 4.57 Å². The maximum atomic E-state index is 10.2. The first kappa shape index (κ1) is 14.3. The topological polar surface area (TPSA) is 57.5 Å². The molecule has 2 N–H and O–H groups in total. The van der Waals surface area contributed by atoms with Gasteiger partial charge < -0.3 is 11.2 Å². The molecule has 0 rings (SSSR count). The van der Waals surface area contributed by atoms with Gasteiger partial charge in [-0.05, 0) is 6.42 Å². The number of hydrogen-bond donors (Lipinski definition) is 2. The Labute approximate surface area is 106 Å². The summed E-state index contributed by atoms with van der Waals surface area (Å²) in [6.45, 7) is 2.00. The standard InChI is InChI=1S/C5H13O3P.K.H/c1-2-3-4-5-9(6,7)8;;/h2-5H2,1H3,(H2,6,7,8);;/q;+1;-1. The van der Waals surface area contributed by atoms with Gasteiger partial charge >= 0.3 is 59.0 Å². The summed E-state index contributed by atoms with van der Waals surface area (Å²) in [5, 5.41) is 0. The molecule has 0 fully saturated rings. The number of rotatable bonds is 4. The third-order valence-electron chi connectivity index (χ3n) is 1.05. The van der Waals surface area contributed by atoms with Gasteiger partial charge in [0.15, 0.2) is 0 Å². The first-order valence-electron chi connectivity index (χ1n) is 3.11. The molecule has 0 aliphatic heterocycles. The number of hydrogen-bond acceptors (Lipinski definition) is 1. The largest absolute Gasteiger partial charge is 1.00 e. The van der Waals surface area contributed by atoms with Crippen molar-refractivity contribution in [1.29, 1.82) is 0 Å². The van der Waals surface area contributed by atoms with Gasteiger partial charge in [0.1, 0.15) is 0 Å². The van der Waals surface area contributed by atoms with Gasteiger partial charge in [0.05, 0.1) is 0 Å². The van der Waals surface area contributed by atoms with Gasteiger partial charge in [0, 0.05) is 6.16 Å². The minimum absolute atomic E-state index is 0. The van der Waals surface area contributed by atoms with Crippen molar-refractivity contribution in [2.75, 3.05) is 6.16 Å². The summed E-state index contributed by atoms with van der Waals surface area (Å²) < 4.78 is 10.2. The molecule has 0 saturated heterocycles. The van der Waals surface area contributed by atoms with E-state index in [-0.39, 0.29) is 59.0 Å². The van der Waals surface area contributed by atoms with Crippen molar-refractivity contribution in [2.24, 2.45) is 0 Å². The Morgan fingerprint density at radius 3 is 2.20 bits per heavy atom. The maximum Gasteiger partial charge on any atom is 1.00 e. The van der Waals surface area contributed by atoms with Gasteiger partial charge in [0.2, 0.25) is 0 Å². The van der Waals surface area contributed by atoms with Gasteiger partial charge in [-0.3, -0.25) is 4.57 Å². The van der Waals surface area contributed by atoms with Crippen molar-refractivity contribution in [1.82, 2.24) is 0 Å². The summed E-state index contributed by atoms with van der Waals surface area (Å²) in [5.41, 5.74) is 0. The molecular formula is C5H14KO3P. The third-order valence-corrected chi connectivity index (χ3v) is 1.95. The van der Waals surface area contributed by atoms with E-state index in [0.717, 1.165) is 12.8 Å². The fraction of sp³-hybridized carbons (Fsp3) is 1.00. The molecule has 5 heteroatoms. The van der Waals surface area contributed by atoms with Crippen LogP contribution in [0, 0.1) is 0 Å². The molecule has 0 aliphatic rings. The van der Waals surface area contributed by atoms with Crippen molar-refractivity contribution in [3.63, 3.8) is 0 Å². The van der Waals surface area contributed by atoms with Crippen LogP contribution in [0.25, 0.3) is 0 Å². The Balaban J connectivity index is -0.000000320. The second-order valence-electron chi connectivity index (χ2n) is 2.10.